The molecule has 0 spiro atoms. The third-order valence-corrected chi connectivity index (χ3v) is 6.36. The fourth-order valence-electron chi connectivity index (χ4n) is 4.62. The second-order valence-electron chi connectivity index (χ2n) is 10.1. The van der Waals surface area contributed by atoms with E-state index in [1.807, 2.05) is 44.2 Å². The molecule has 1 aliphatic rings. The van der Waals surface area contributed by atoms with Crippen LogP contribution in [0.15, 0.2) is 48.5 Å². The Hall–Kier alpha value is -3.12. The van der Waals surface area contributed by atoms with Gasteiger partial charge in [0.05, 0.1) is 5.60 Å². The number of carbonyl (C=O) groups excluding carboxylic acids is 2. The zero-order chi connectivity index (χ0) is 24.3. The lowest BCUT2D eigenvalue weighted by Gasteiger charge is -2.23. The lowest BCUT2D eigenvalue weighted by molar-refractivity contribution is -0.116. The summed E-state index contributed by atoms with van der Waals surface area (Å²) in [4.78, 5) is 25.6. The molecular formula is C28H35N3O3. The molecule has 2 N–H and O–H groups in total. The first kappa shape index (κ1) is 24.0. The van der Waals surface area contributed by atoms with Crippen molar-refractivity contribution in [2.75, 3.05) is 18.5 Å². The lowest BCUT2D eigenvalue weighted by atomic mass is 10.0. The summed E-state index contributed by atoms with van der Waals surface area (Å²) in [6.07, 6.45) is 2.44. The van der Waals surface area contributed by atoms with Gasteiger partial charge in [-0.25, -0.2) is 0 Å². The van der Waals surface area contributed by atoms with Crippen molar-refractivity contribution >= 4 is 28.4 Å². The maximum Gasteiger partial charge on any atom is 0.268 e. The minimum Gasteiger partial charge on any atom is -0.373 e. The number of nitrogens with zero attached hydrogens (tertiary/aromatic N) is 1. The molecular weight excluding hydrogens is 426 g/mol. The van der Waals surface area contributed by atoms with E-state index in [4.69, 9.17) is 4.74 Å². The first-order chi connectivity index (χ1) is 16.2. The SMILES string of the molecule is Cc1cccc(Cn2c(C(=O)NCC3(C)CCCO3)cc3cc(NC(=O)CC(C)C)ccc32)c1. The smallest absolute Gasteiger partial charge is 0.268 e. The number of hydrogen-bond donors (Lipinski definition) is 2. The van der Waals surface area contributed by atoms with E-state index < -0.39 is 0 Å². The molecule has 0 aliphatic carbocycles. The molecule has 180 valence electrons. The average Bonchev–Trinajstić information content (AvgIpc) is 3.36. The third-order valence-electron chi connectivity index (χ3n) is 6.36. The summed E-state index contributed by atoms with van der Waals surface area (Å²) in [6, 6.07) is 16.1. The Bertz CT molecular complexity index is 1190. The Labute approximate surface area is 201 Å². The molecule has 1 atom stereocenters. The number of nitrogens with one attached hydrogen (secondary N) is 2. The first-order valence-electron chi connectivity index (χ1n) is 12.1. The molecule has 1 saturated heterocycles. The Kier molecular flexibility index (Phi) is 7.08. The predicted molar refractivity (Wildman–Crippen MR) is 136 cm³/mol. The van der Waals surface area contributed by atoms with Gasteiger partial charge in [0.2, 0.25) is 5.91 Å². The van der Waals surface area contributed by atoms with Gasteiger partial charge in [-0.3, -0.25) is 9.59 Å². The third kappa shape index (κ3) is 5.68. The maximum absolute atomic E-state index is 13.3. The second-order valence-corrected chi connectivity index (χ2v) is 10.1. The van der Waals surface area contributed by atoms with Crippen LogP contribution in [0, 0.1) is 12.8 Å². The van der Waals surface area contributed by atoms with E-state index in [9.17, 15) is 9.59 Å². The van der Waals surface area contributed by atoms with E-state index in [0.717, 1.165) is 41.6 Å². The number of anilines is 1. The average molecular weight is 462 g/mol. The molecule has 4 rings (SSSR count). The van der Waals surface area contributed by atoms with Crippen LogP contribution in [0.5, 0.6) is 0 Å². The van der Waals surface area contributed by atoms with Crippen molar-refractivity contribution in [3.63, 3.8) is 0 Å². The quantitative estimate of drug-likeness (QED) is 0.479. The van der Waals surface area contributed by atoms with Gasteiger partial charge < -0.3 is 19.9 Å². The van der Waals surface area contributed by atoms with Crippen LogP contribution in [-0.2, 0) is 16.1 Å². The van der Waals surface area contributed by atoms with Crippen LogP contribution in [0.3, 0.4) is 0 Å². The van der Waals surface area contributed by atoms with Gasteiger partial charge in [-0.2, -0.15) is 0 Å². The molecule has 0 saturated carbocycles. The largest absolute Gasteiger partial charge is 0.373 e. The Morgan fingerprint density at radius 3 is 2.68 bits per heavy atom. The summed E-state index contributed by atoms with van der Waals surface area (Å²) in [5.74, 6) is 0.169. The minimum atomic E-state index is -0.309. The second kappa shape index (κ2) is 10.0. The highest BCUT2D eigenvalue weighted by molar-refractivity contribution is 6.00. The van der Waals surface area contributed by atoms with Gasteiger partial charge in [0.15, 0.2) is 0 Å². The van der Waals surface area contributed by atoms with Crippen LogP contribution in [0.1, 0.15) is 61.6 Å². The molecule has 1 aromatic heterocycles. The van der Waals surface area contributed by atoms with Crippen LogP contribution in [0.2, 0.25) is 0 Å². The van der Waals surface area contributed by atoms with Gasteiger partial charge >= 0.3 is 0 Å². The summed E-state index contributed by atoms with van der Waals surface area (Å²) in [5, 5.41) is 7.00. The van der Waals surface area contributed by atoms with E-state index in [-0.39, 0.29) is 17.4 Å². The van der Waals surface area contributed by atoms with Gasteiger partial charge in [-0.05, 0) is 62.4 Å². The zero-order valence-corrected chi connectivity index (χ0v) is 20.6. The molecule has 2 aromatic carbocycles. The highest BCUT2D eigenvalue weighted by Gasteiger charge is 2.30. The summed E-state index contributed by atoms with van der Waals surface area (Å²) < 4.78 is 7.90. The van der Waals surface area contributed by atoms with Crippen LogP contribution >= 0.6 is 0 Å². The highest BCUT2D eigenvalue weighted by atomic mass is 16.5. The van der Waals surface area contributed by atoms with Crippen molar-refractivity contribution in [3.05, 3.63) is 65.4 Å². The van der Waals surface area contributed by atoms with Crippen molar-refractivity contribution in [1.29, 1.82) is 0 Å². The van der Waals surface area contributed by atoms with Crippen molar-refractivity contribution in [3.8, 4) is 0 Å². The molecule has 2 heterocycles. The maximum atomic E-state index is 13.3. The number of aryl methyl sites for hydroxylation is 1. The van der Waals surface area contributed by atoms with E-state index in [0.29, 0.717) is 31.1 Å². The summed E-state index contributed by atoms with van der Waals surface area (Å²) in [7, 11) is 0. The molecule has 6 nitrogen and oxygen atoms in total. The summed E-state index contributed by atoms with van der Waals surface area (Å²) in [6.45, 7) is 9.97. The Morgan fingerprint density at radius 2 is 1.97 bits per heavy atom. The van der Waals surface area contributed by atoms with E-state index >= 15 is 0 Å². The van der Waals surface area contributed by atoms with Crippen LogP contribution < -0.4 is 10.6 Å². The van der Waals surface area contributed by atoms with Gasteiger partial charge in [-0.15, -0.1) is 0 Å². The number of aromatic nitrogens is 1. The molecule has 3 aromatic rings. The molecule has 2 amide bonds. The predicted octanol–water partition coefficient (Wildman–Crippen LogP) is 5.28. The van der Waals surface area contributed by atoms with Crippen molar-refractivity contribution in [2.24, 2.45) is 5.92 Å². The molecule has 1 aliphatic heterocycles. The Balaban J connectivity index is 1.64. The van der Waals surface area contributed by atoms with Gasteiger partial charge in [0.25, 0.3) is 5.91 Å². The topological polar surface area (TPSA) is 72.4 Å². The minimum absolute atomic E-state index is 0.00341. The van der Waals surface area contributed by atoms with Crippen molar-refractivity contribution in [1.82, 2.24) is 9.88 Å². The normalized spacial score (nSPS) is 17.9. The van der Waals surface area contributed by atoms with Crippen LogP contribution in [-0.4, -0.2) is 35.1 Å². The number of rotatable bonds is 8. The fraction of sp³-hybridized carbons (Fsp3) is 0.429. The van der Waals surface area contributed by atoms with Crippen LogP contribution in [0.25, 0.3) is 10.9 Å². The van der Waals surface area contributed by atoms with Gasteiger partial charge in [0.1, 0.15) is 5.69 Å². The summed E-state index contributed by atoms with van der Waals surface area (Å²) >= 11 is 0. The highest BCUT2D eigenvalue weighted by Crippen LogP contribution is 2.27. The Morgan fingerprint density at radius 1 is 1.15 bits per heavy atom. The molecule has 1 fully saturated rings. The lowest BCUT2D eigenvalue weighted by Crippen LogP contribution is -2.40. The summed E-state index contributed by atoms with van der Waals surface area (Å²) in [5.41, 5.74) is 4.30. The van der Waals surface area contributed by atoms with Crippen molar-refractivity contribution < 1.29 is 14.3 Å². The number of hydrogen-bond acceptors (Lipinski definition) is 3. The van der Waals surface area contributed by atoms with Gasteiger partial charge in [-0.1, -0.05) is 43.7 Å². The van der Waals surface area contributed by atoms with E-state index in [1.165, 1.54) is 5.56 Å². The number of carbonyl (C=O) groups is 2. The molecule has 6 heteroatoms. The van der Waals surface area contributed by atoms with E-state index in [1.54, 1.807) is 0 Å². The monoisotopic (exact) mass is 461 g/mol. The zero-order valence-electron chi connectivity index (χ0n) is 20.6. The van der Waals surface area contributed by atoms with Gasteiger partial charge in [0, 0.05) is 42.7 Å². The molecule has 34 heavy (non-hydrogen) atoms. The number of amides is 2. The first-order valence-corrected chi connectivity index (χ1v) is 12.1. The fourth-order valence-corrected chi connectivity index (χ4v) is 4.62. The molecule has 0 radical (unpaired) electrons. The van der Waals surface area contributed by atoms with Crippen molar-refractivity contribution in [2.45, 2.75) is 59.1 Å². The number of ether oxygens (including phenoxy) is 1. The standard InChI is InChI=1S/C28H35N3O3/c1-19(2)13-26(32)30-23-9-10-24-22(15-23)16-25(27(33)29-18-28(4)11-6-12-34-28)31(24)17-21-8-5-7-20(3)14-21/h5,7-10,14-16,19H,6,11-13,17-18H2,1-4H3,(H,29,33)(H,30,32). The number of benzene rings is 2. The molecule has 0 bridgehead atoms. The van der Waals surface area contributed by atoms with E-state index in [2.05, 4.69) is 47.2 Å². The number of fused-ring (bicyclic) bond motifs is 1. The molecule has 1 unspecified atom stereocenters. The van der Waals surface area contributed by atoms with Crippen LogP contribution in [0.4, 0.5) is 5.69 Å².